The highest BCUT2D eigenvalue weighted by Gasteiger charge is 2.75. The van der Waals surface area contributed by atoms with Crippen LogP contribution in [0.4, 0.5) is 5.82 Å². The fourth-order valence-electron chi connectivity index (χ4n) is 4.85. The highest BCUT2D eigenvalue weighted by Crippen LogP contribution is 2.67. The van der Waals surface area contributed by atoms with Gasteiger partial charge in [-0.2, -0.15) is 0 Å². The molecule has 2 saturated carbocycles. The maximum absolute atomic E-state index is 12.4. The first-order chi connectivity index (χ1) is 14.9. The number of aliphatic hydroxyl groups is 2. The Hall–Kier alpha value is -2.02. The van der Waals surface area contributed by atoms with Crippen molar-refractivity contribution in [3.8, 4) is 0 Å². The number of anilines is 1. The summed E-state index contributed by atoms with van der Waals surface area (Å²) in [6.07, 6.45) is -0.124. The molecule has 9 nitrogen and oxygen atoms in total. The lowest BCUT2D eigenvalue weighted by Gasteiger charge is -2.23. The van der Waals surface area contributed by atoms with Crippen LogP contribution in [0.25, 0.3) is 11.2 Å². The minimum atomic E-state index is -1.14. The summed E-state index contributed by atoms with van der Waals surface area (Å²) in [7, 11) is 1.54. The summed E-state index contributed by atoms with van der Waals surface area (Å²) in [6.45, 7) is 0.503. The predicted octanol–water partition coefficient (Wildman–Crippen LogP) is 1.73. The molecule has 31 heavy (non-hydrogen) atoms. The van der Waals surface area contributed by atoms with Crippen molar-refractivity contribution < 1.29 is 15.0 Å². The van der Waals surface area contributed by atoms with E-state index in [0.717, 1.165) is 5.56 Å². The van der Waals surface area contributed by atoms with Gasteiger partial charge in [0.2, 0.25) is 5.91 Å². The summed E-state index contributed by atoms with van der Waals surface area (Å²) in [5, 5.41) is 28.0. The van der Waals surface area contributed by atoms with Crippen LogP contribution in [0.2, 0.25) is 5.02 Å². The number of aromatic nitrogens is 4. The normalized spacial score (nSPS) is 29.1. The zero-order valence-corrected chi connectivity index (χ0v) is 19.4. The Morgan fingerprint density at radius 2 is 2.19 bits per heavy atom. The summed E-state index contributed by atoms with van der Waals surface area (Å²) in [5.74, 6) is 0.129. The van der Waals surface area contributed by atoms with Gasteiger partial charge in [-0.1, -0.05) is 23.7 Å². The molecule has 5 atom stereocenters. The van der Waals surface area contributed by atoms with Gasteiger partial charge in [-0.3, -0.25) is 4.79 Å². The number of hydrogen-bond acceptors (Lipinski definition) is 7. The Kier molecular flexibility index (Phi) is 5.07. The van der Waals surface area contributed by atoms with E-state index in [1.807, 2.05) is 46.9 Å². The molecule has 162 valence electrons. The third-order valence-electron chi connectivity index (χ3n) is 6.39. The van der Waals surface area contributed by atoms with Crippen LogP contribution in [-0.2, 0) is 11.3 Å². The van der Waals surface area contributed by atoms with Gasteiger partial charge in [0.1, 0.15) is 6.10 Å². The number of nitrogens with zero attached hydrogens (tertiary/aromatic N) is 4. The molecule has 3 aromatic rings. The van der Waals surface area contributed by atoms with Gasteiger partial charge in [-0.15, -0.1) is 0 Å². The topological polar surface area (TPSA) is 125 Å². The lowest BCUT2D eigenvalue weighted by Crippen LogP contribution is -2.41. The highest BCUT2D eigenvalue weighted by atomic mass is 127. The van der Waals surface area contributed by atoms with Crippen molar-refractivity contribution >= 4 is 57.1 Å². The van der Waals surface area contributed by atoms with Crippen LogP contribution in [0.15, 0.2) is 30.6 Å². The molecule has 1 unspecified atom stereocenters. The lowest BCUT2D eigenvalue weighted by atomic mass is 9.98. The first-order valence-corrected chi connectivity index (χ1v) is 11.3. The van der Waals surface area contributed by atoms with Crippen LogP contribution in [0.1, 0.15) is 18.0 Å². The molecule has 1 amide bonds. The smallest absolute Gasteiger partial charge is 0.229 e. The first kappa shape index (κ1) is 20.9. The van der Waals surface area contributed by atoms with E-state index < -0.39 is 23.7 Å². The van der Waals surface area contributed by atoms with Crippen LogP contribution < -0.4 is 10.6 Å². The van der Waals surface area contributed by atoms with Crippen LogP contribution in [-0.4, -0.2) is 54.9 Å². The zero-order valence-electron chi connectivity index (χ0n) is 16.5. The van der Waals surface area contributed by atoms with Crippen LogP contribution in [0.5, 0.6) is 0 Å². The highest BCUT2D eigenvalue weighted by molar-refractivity contribution is 14.1. The second kappa shape index (κ2) is 7.54. The van der Waals surface area contributed by atoms with Crippen molar-refractivity contribution in [3.05, 3.63) is 45.0 Å². The van der Waals surface area contributed by atoms with E-state index in [9.17, 15) is 15.0 Å². The van der Waals surface area contributed by atoms with Gasteiger partial charge in [-0.05, 0) is 24.1 Å². The predicted molar refractivity (Wildman–Crippen MR) is 122 cm³/mol. The quantitative estimate of drug-likeness (QED) is 0.280. The van der Waals surface area contributed by atoms with Crippen LogP contribution in [0, 0.1) is 15.2 Å². The zero-order chi connectivity index (χ0) is 21.9. The summed E-state index contributed by atoms with van der Waals surface area (Å²) in [5.41, 5.74) is 1.14. The number of benzene rings is 1. The van der Waals surface area contributed by atoms with E-state index >= 15 is 0 Å². The molecule has 0 spiro atoms. The Bertz CT molecular complexity index is 1190. The monoisotopic (exact) mass is 554 g/mol. The van der Waals surface area contributed by atoms with Crippen molar-refractivity contribution in [2.24, 2.45) is 11.3 Å². The summed E-state index contributed by atoms with van der Waals surface area (Å²) in [6, 6.07) is 7.04. The molecule has 11 heteroatoms. The lowest BCUT2D eigenvalue weighted by molar-refractivity contribution is -0.132. The third kappa shape index (κ3) is 3.19. The number of imidazole rings is 1. The number of aliphatic hydroxyl groups excluding tert-OH is 2. The van der Waals surface area contributed by atoms with Gasteiger partial charge in [0.05, 0.1) is 23.9 Å². The van der Waals surface area contributed by atoms with Crippen molar-refractivity contribution in [1.29, 1.82) is 0 Å². The number of rotatable bonds is 5. The van der Waals surface area contributed by atoms with Crippen molar-refractivity contribution in [2.75, 3.05) is 12.4 Å². The second-order valence-corrected chi connectivity index (χ2v) is 9.41. The van der Waals surface area contributed by atoms with Crippen LogP contribution >= 0.6 is 34.2 Å². The molecule has 2 fully saturated rings. The molecular formula is C20H20ClIN6O3. The average molecular weight is 555 g/mol. The van der Waals surface area contributed by atoms with Gasteiger partial charge >= 0.3 is 0 Å². The second-order valence-electron chi connectivity index (χ2n) is 8.00. The number of nitrogens with one attached hydrogen (secondary N) is 2. The summed E-state index contributed by atoms with van der Waals surface area (Å²) in [4.78, 5) is 25.9. The molecule has 0 radical (unpaired) electrons. The van der Waals surface area contributed by atoms with Crippen molar-refractivity contribution in [2.45, 2.75) is 31.2 Å². The minimum absolute atomic E-state index is 0.189. The summed E-state index contributed by atoms with van der Waals surface area (Å²) >= 11 is 8.10. The number of carbonyl (C=O) groups is 1. The standard InChI is InChI=1S/C20H20ClIN6O3/c1-23-18(31)20-6-11(20)13(14(29)15(20)30)28-8-25-12-16(26-19(22)27-17(12)28)24-7-9-3-2-4-10(21)5-9/h2-5,8,11,13-15,29-30H,6-7H2,1H3,(H,23,31)(H,24,26,27)/t11-,13-,14-,15?,20+/m1/s1. The largest absolute Gasteiger partial charge is 0.389 e. The van der Waals surface area contributed by atoms with Gasteiger partial charge in [0.15, 0.2) is 20.8 Å². The molecule has 1 aromatic carbocycles. The Morgan fingerprint density at radius 3 is 2.94 bits per heavy atom. The third-order valence-corrected chi connectivity index (χ3v) is 7.10. The van der Waals surface area contributed by atoms with E-state index in [0.29, 0.717) is 38.8 Å². The molecule has 2 aromatic heterocycles. The number of halogens is 2. The fourth-order valence-corrected chi connectivity index (χ4v) is 5.53. The van der Waals surface area contributed by atoms with E-state index in [-0.39, 0.29) is 11.8 Å². The van der Waals surface area contributed by atoms with Crippen molar-refractivity contribution in [1.82, 2.24) is 24.8 Å². The van der Waals surface area contributed by atoms with E-state index in [4.69, 9.17) is 11.6 Å². The van der Waals surface area contributed by atoms with Crippen molar-refractivity contribution in [3.63, 3.8) is 0 Å². The number of amides is 1. The Labute approximate surface area is 196 Å². The Morgan fingerprint density at radius 1 is 1.39 bits per heavy atom. The molecule has 2 heterocycles. The molecule has 0 saturated heterocycles. The van der Waals surface area contributed by atoms with E-state index in [2.05, 4.69) is 25.6 Å². The molecule has 0 aliphatic heterocycles. The molecular weight excluding hydrogens is 535 g/mol. The average Bonchev–Trinajstić information content (AvgIpc) is 3.29. The number of fused-ring (bicyclic) bond motifs is 2. The first-order valence-electron chi connectivity index (χ1n) is 9.83. The molecule has 5 rings (SSSR count). The van der Waals surface area contributed by atoms with Crippen LogP contribution in [0.3, 0.4) is 0 Å². The van der Waals surface area contributed by atoms with Gasteiger partial charge in [-0.25, -0.2) is 15.0 Å². The SMILES string of the molecule is CNC(=O)[C@@]12C[C@@H]1[C@@H](n1cnc3c(NCc4cccc(Cl)c4)nc(I)nc31)[C@@H](O)C2O. The van der Waals surface area contributed by atoms with E-state index in [1.165, 1.54) is 0 Å². The molecule has 2 aliphatic rings. The summed E-state index contributed by atoms with van der Waals surface area (Å²) < 4.78 is 2.28. The van der Waals surface area contributed by atoms with Gasteiger partial charge < -0.3 is 25.4 Å². The molecule has 4 N–H and O–H groups in total. The Balaban J connectivity index is 1.49. The van der Waals surface area contributed by atoms with Gasteiger partial charge in [0, 0.05) is 47.1 Å². The number of carbonyl (C=O) groups excluding carboxylic acids is 1. The fraction of sp³-hybridized carbons (Fsp3) is 0.400. The van der Waals surface area contributed by atoms with Gasteiger partial charge in [0.25, 0.3) is 0 Å². The van der Waals surface area contributed by atoms with E-state index in [1.54, 1.807) is 17.9 Å². The maximum atomic E-state index is 12.4. The number of hydrogen-bond donors (Lipinski definition) is 4. The molecule has 0 bridgehead atoms. The minimum Gasteiger partial charge on any atom is -0.389 e. The molecule has 2 aliphatic carbocycles. The maximum Gasteiger partial charge on any atom is 0.229 e.